The Morgan fingerprint density at radius 1 is 1.31 bits per heavy atom. The van der Waals surface area contributed by atoms with Crippen LogP contribution in [-0.4, -0.2) is 38.4 Å². The SMILES string of the molecule is CCCS(=O)(=O)CCNC(C(N)=O)C(C)C. The Labute approximate surface area is 97.7 Å². The quantitative estimate of drug-likeness (QED) is 0.630. The van der Waals surface area contributed by atoms with Crippen LogP contribution in [0.4, 0.5) is 0 Å². The highest BCUT2D eigenvalue weighted by Crippen LogP contribution is 2.00. The lowest BCUT2D eigenvalue weighted by Gasteiger charge is -2.18. The van der Waals surface area contributed by atoms with Crippen molar-refractivity contribution in [1.82, 2.24) is 5.32 Å². The average Bonchev–Trinajstić information content (AvgIpc) is 2.10. The molecule has 0 spiro atoms. The van der Waals surface area contributed by atoms with Crippen molar-refractivity contribution in [3.63, 3.8) is 0 Å². The van der Waals surface area contributed by atoms with Crippen molar-refractivity contribution in [2.24, 2.45) is 11.7 Å². The third-order valence-electron chi connectivity index (χ3n) is 2.27. The molecule has 0 rings (SSSR count). The minimum Gasteiger partial charge on any atom is -0.368 e. The van der Waals surface area contributed by atoms with Crippen LogP contribution in [0.5, 0.6) is 0 Å². The van der Waals surface area contributed by atoms with Crippen molar-refractivity contribution in [1.29, 1.82) is 0 Å². The second-order valence-electron chi connectivity index (χ2n) is 4.23. The molecule has 1 atom stereocenters. The fourth-order valence-electron chi connectivity index (χ4n) is 1.45. The second kappa shape index (κ2) is 6.85. The minimum atomic E-state index is -2.99. The van der Waals surface area contributed by atoms with E-state index in [1.54, 1.807) is 0 Å². The highest BCUT2D eigenvalue weighted by molar-refractivity contribution is 7.91. The fourth-order valence-corrected chi connectivity index (χ4v) is 2.70. The van der Waals surface area contributed by atoms with E-state index in [4.69, 9.17) is 5.73 Å². The molecular formula is C10H22N2O3S. The average molecular weight is 250 g/mol. The largest absolute Gasteiger partial charge is 0.368 e. The van der Waals surface area contributed by atoms with E-state index in [-0.39, 0.29) is 24.0 Å². The summed E-state index contributed by atoms with van der Waals surface area (Å²) in [5.41, 5.74) is 5.20. The maximum absolute atomic E-state index is 11.4. The van der Waals surface area contributed by atoms with Crippen molar-refractivity contribution < 1.29 is 13.2 Å². The Kier molecular flexibility index (Phi) is 6.59. The Balaban J connectivity index is 4.10. The summed E-state index contributed by atoms with van der Waals surface area (Å²) in [4.78, 5) is 11.0. The number of hydrogen-bond donors (Lipinski definition) is 2. The van der Waals surface area contributed by atoms with Gasteiger partial charge in [0.25, 0.3) is 0 Å². The van der Waals surface area contributed by atoms with Crippen LogP contribution in [0.15, 0.2) is 0 Å². The molecule has 0 aliphatic heterocycles. The molecule has 1 amide bonds. The van der Waals surface area contributed by atoms with Crippen molar-refractivity contribution in [2.75, 3.05) is 18.1 Å². The molecule has 0 aromatic carbocycles. The Hall–Kier alpha value is -0.620. The molecule has 0 aliphatic rings. The van der Waals surface area contributed by atoms with Gasteiger partial charge >= 0.3 is 0 Å². The van der Waals surface area contributed by atoms with Crippen LogP contribution in [0.1, 0.15) is 27.2 Å². The molecule has 0 fully saturated rings. The summed E-state index contributed by atoms with van der Waals surface area (Å²) in [6.45, 7) is 5.82. The Bertz CT molecular complexity index is 312. The topological polar surface area (TPSA) is 89.3 Å². The van der Waals surface area contributed by atoms with Crippen LogP contribution < -0.4 is 11.1 Å². The molecule has 96 valence electrons. The predicted octanol–water partition coefficient (Wildman–Crippen LogP) is -0.0893. The molecule has 0 saturated carbocycles. The minimum absolute atomic E-state index is 0.0529. The van der Waals surface area contributed by atoms with Crippen LogP contribution in [0.25, 0.3) is 0 Å². The van der Waals surface area contributed by atoms with Crippen molar-refractivity contribution in [2.45, 2.75) is 33.2 Å². The third kappa shape index (κ3) is 6.07. The molecular weight excluding hydrogens is 228 g/mol. The van der Waals surface area contributed by atoms with Gasteiger partial charge in [-0.3, -0.25) is 4.79 Å². The molecule has 0 heterocycles. The Morgan fingerprint density at radius 3 is 2.25 bits per heavy atom. The summed E-state index contributed by atoms with van der Waals surface area (Å²) in [5, 5.41) is 2.88. The van der Waals surface area contributed by atoms with Gasteiger partial charge in [-0.25, -0.2) is 8.42 Å². The second-order valence-corrected chi connectivity index (χ2v) is 6.53. The van der Waals surface area contributed by atoms with Crippen molar-refractivity contribution in [3.05, 3.63) is 0 Å². The van der Waals surface area contributed by atoms with Crippen molar-refractivity contribution in [3.8, 4) is 0 Å². The molecule has 0 aromatic heterocycles. The molecule has 0 radical (unpaired) electrons. The number of primary amides is 1. The van der Waals surface area contributed by atoms with E-state index in [9.17, 15) is 13.2 Å². The van der Waals surface area contributed by atoms with Crippen molar-refractivity contribution >= 4 is 15.7 Å². The van der Waals surface area contributed by atoms with Crippen LogP contribution in [0.3, 0.4) is 0 Å². The highest BCUT2D eigenvalue weighted by Gasteiger charge is 2.19. The zero-order chi connectivity index (χ0) is 12.8. The molecule has 3 N–H and O–H groups in total. The fraction of sp³-hybridized carbons (Fsp3) is 0.900. The highest BCUT2D eigenvalue weighted by atomic mass is 32.2. The molecule has 0 aromatic rings. The first-order valence-electron chi connectivity index (χ1n) is 5.53. The zero-order valence-corrected chi connectivity index (χ0v) is 11.0. The molecule has 16 heavy (non-hydrogen) atoms. The summed E-state index contributed by atoms with van der Waals surface area (Å²) in [5.74, 6) is -0.135. The van der Waals surface area contributed by atoms with Gasteiger partial charge in [0.05, 0.1) is 11.8 Å². The van der Waals surface area contributed by atoms with Gasteiger partial charge in [-0.05, 0) is 12.3 Å². The summed E-state index contributed by atoms with van der Waals surface area (Å²) >= 11 is 0. The van der Waals surface area contributed by atoms with Gasteiger partial charge in [0, 0.05) is 12.3 Å². The van der Waals surface area contributed by atoms with Gasteiger partial charge in [0.15, 0.2) is 9.84 Å². The number of rotatable bonds is 8. The first-order chi connectivity index (χ1) is 7.30. The number of carbonyl (C=O) groups excluding carboxylic acids is 1. The zero-order valence-electron chi connectivity index (χ0n) is 10.2. The van der Waals surface area contributed by atoms with Gasteiger partial charge in [-0.15, -0.1) is 0 Å². The van der Waals surface area contributed by atoms with E-state index < -0.39 is 21.8 Å². The molecule has 1 unspecified atom stereocenters. The maximum Gasteiger partial charge on any atom is 0.234 e. The smallest absolute Gasteiger partial charge is 0.234 e. The number of nitrogens with one attached hydrogen (secondary N) is 1. The lowest BCUT2D eigenvalue weighted by molar-refractivity contribution is -0.120. The van der Waals surface area contributed by atoms with Gasteiger partial charge in [0.2, 0.25) is 5.91 Å². The van der Waals surface area contributed by atoms with E-state index >= 15 is 0 Å². The van der Waals surface area contributed by atoms with Crippen LogP contribution in [0.2, 0.25) is 0 Å². The van der Waals surface area contributed by atoms with Gasteiger partial charge < -0.3 is 11.1 Å². The first-order valence-corrected chi connectivity index (χ1v) is 7.35. The van der Waals surface area contributed by atoms with Crippen LogP contribution >= 0.6 is 0 Å². The lowest BCUT2D eigenvalue weighted by atomic mass is 10.0. The predicted molar refractivity (Wildman–Crippen MR) is 64.8 cm³/mol. The summed E-state index contributed by atoms with van der Waals surface area (Å²) in [6.07, 6.45) is 0.617. The summed E-state index contributed by atoms with van der Waals surface area (Å²) in [7, 11) is -2.99. The Morgan fingerprint density at radius 2 is 1.88 bits per heavy atom. The first kappa shape index (κ1) is 15.4. The van der Waals surface area contributed by atoms with E-state index in [0.717, 1.165) is 0 Å². The molecule has 0 bridgehead atoms. The van der Waals surface area contributed by atoms with Crippen LogP contribution in [0, 0.1) is 5.92 Å². The van der Waals surface area contributed by atoms with Gasteiger partial charge in [-0.2, -0.15) is 0 Å². The molecule has 0 saturated heterocycles. The van der Waals surface area contributed by atoms with E-state index in [1.165, 1.54) is 0 Å². The lowest BCUT2D eigenvalue weighted by Crippen LogP contribution is -2.46. The number of hydrogen-bond acceptors (Lipinski definition) is 4. The van der Waals surface area contributed by atoms with E-state index in [2.05, 4.69) is 5.32 Å². The summed E-state index contributed by atoms with van der Waals surface area (Å²) in [6, 6.07) is -0.461. The van der Waals surface area contributed by atoms with Gasteiger partial charge in [0.1, 0.15) is 0 Å². The molecule has 6 heteroatoms. The molecule has 0 aliphatic carbocycles. The number of nitrogens with two attached hydrogens (primary N) is 1. The van der Waals surface area contributed by atoms with E-state index in [1.807, 2.05) is 20.8 Å². The normalized spacial score (nSPS) is 14.0. The van der Waals surface area contributed by atoms with E-state index in [0.29, 0.717) is 6.42 Å². The number of amides is 1. The standard InChI is InChI=1S/C10H22N2O3S/c1-4-6-16(14,15)7-5-12-9(8(2)3)10(11)13/h8-9,12H,4-7H2,1-3H3,(H2,11,13). The number of sulfone groups is 1. The number of carbonyl (C=O) groups is 1. The third-order valence-corrected chi connectivity index (χ3v) is 4.12. The molecule has 5 nitrogen and oxygen atoms in total. The maximum atomic E-state index is 11.4. The van der Waals surface area contributed by atoms with Gasteiger partial charge in [-0.1, -0.05) is 20.8 Å². The van der Waals surface area contributed by atoms with Crippen LogP contribution in [-0.2, 0) is 14.6 Å². The monoisotopic (exact) mass is 250 g/mol. The summed E-state index contributed by atoms with van der Waals surface area (Å²) < 4.78 is 22.8.